The molecule has 1 aliphatic carbocycles. The fourth-order valence-electron chi connectivity index (χ4n) is 3.21. The van der Waals surface area contributed by atoms with Crippen LogP contribution in [0.3, 0.4) is 0 Å². The zero-order valence-electron chi connectivity index (χ0n) is 14.3. The molecule has 1 aromatic heterocycles. The van der Waals surface area contributed by atoms with Gasteiger partial charge in [-0.1, -0.05) is 5.16 Å². The summed E-state index contributed by atoms with van der Waals surface area (Å²) in [6, 6.07) is 7.68. The highest BCUT2D eigenvalue weighted by Gasteiger charge is 2.33. The van der Waals surface area contributed by atoms with Crippen molar-refractivity contribution in [1.82, 2.24) is 15.4 Å². The second-order valence-electron chi connectivity index (χ2n) is 6.96. The zero-order valence-corrected chi connectivity index (χ0v) is 14.3. The standard InChI is InChI=1S/C19H20FN3O3/c20-14-5-3-12(4-6-14)17-10-16(22-26-17)19(25)23-9-1-2-13(11-23)18(24)21-15-7-8-15/h3-6,10,13,15H,1-2,7-9,11H2,(H,21,24)/t13-/m0/s1. The van der Waals surface area contributed by atoms with Gasteiger partial charge in [0.1, 0.15) is 5.82 Å². The van der Waals surface area contributed by atoms with E-state index < -0.39 is 0 Å². The predicted molar refractivity (Wildman–Crippen MR) is 91.7 cm³/mol. The first-order valence-electron chi connectivity index (χ1n) is 8.92. The number of aromatic nitrogens is 1. The third kappa shape index (κ3) is 3.61. The lowest BCUT2D eigenvalue weighted by molar-refractivity contribution is -0.126. The Morgan fingerprint density at radius 3 is 2.69 bits per heavy atom. The SMILES string of the molecule is O=C(NC1CC1)[C@H]1CCCN(C(=O)c2cc(-c3ccc(F)cc3)on2)C1. The van der Waals surface area contributed by atoms with E-state index in [1.807, 2.05) is 0 Å². The van der Waals surface area contributed by atoms with Gasteiger partial charge in [0.15, 0.2) is 11.5 Å². The number of hydrogen-bond acceptors (Lipinski definition) is 4. The normalized spacial score (nSPS) is 20.0. The van der Waals surface area contributed by atoms with E-state index in [1.54, 1.807) is 23.1 Å². The van der Waals surface area contributed by atoms with Crippen LogP contribution < -0.4 is 5.32 Å². The first kappa shape index (κ1) is 16.8. The van der Waals surface area contributed by atoms with E-state index in [1.165, 1.54) is 12.1 Å². The Kier molecular flexibility index (Phi) is 4.44. The largest absolute Gasteiger partial charge is 0.355 e. The molecule has 0 unspecified atom stereocenters. The Bertz CT molecular complexity index is 814. The summed E-state index contributed by atoms with van der Waals surface area (Å²) in [7, 11) is 0. The summed E-state index contributed by atoms with van der Waals surface area (Å²) in [5.74, 6) is -0.304. The molecule has 4 rings (SSSR count). The Hall–Kier alpha value is -2.70. The molecule has 0 radical (unpaired) electrons. The number of hydrogen-bond donors (Lipinski definition) is 1. The van der Waals surface area contributed by atoms with Gasteiger partial charge in [-0.25, -0.2) is 4.39 Å². The molecule has 7 heteroatoms. The minimum atomic E-state index is -0.339. The van der Waals surface area contributed by atoms with Gasteiger partial charge in [-0.05, 0) is 49.9 Å². The van der Waals surface area contributed by atoms with Crippen LogP contribution in [-0.4, -0.2) is 41.0 Å². The van der Waals surface area contributed by atoms with Gasteiger partial charge in [0, 0.05) is 30.8 Å². The molecule has 26 heavy (non-hydrogen) atoms. The van der Waals surface area contributed by atoms with Crippen molar-refractivity contribution in [2.75, 3.05) is 13.1 Å². The number of piperidine rings is 1. The number of carbonyl (C=O) groups excluding carboxylic acids is 2. The quantitative estimate of drug-likeness (QED) is 0.913. The second-order valence-corrected chi connectivity index (χ2v) is 6.96. The second kappa shape index (κ2) is 6.90. The summed E-state index contributed by atoms with van der Waals surface area (Å²) >= 11 is 0. The summed E-state index contributed by atoms with van der Waals surface area (Å²) in [4.78, 5) is 26.6. The van der Waals surface area contributed by atoms with Gasteiger partial charge in [0.05, 0.1) is 5.92 Å². The van der Waals surface area contributed by atoms with Crippen LogP contribution >= 0.6 is 0 Å². The molecule has 1 saturated heterocycles. The molecule has 2 heterocycles. The highest BCUT2D eigenvalue weighted by Crippen LogP contribution is 2.25. The van der Waals surface area contributed by atoms with Crippen molar-refractivity contribution in [3.05, 3.63) is 41.8 Å². The Balaban J connectivity index is 1.43. The molecule has 1 aromatic carbocycles. The molecule has 1 atom stereocenters. The van der Waals surface area contributed by atoms with E-state index in [0.29, 0.717) is 30.5 Å². The van der Waals surface area contributed by atoms with E-state index >= 15 is 0 Å². The lowest BCUT2D eigenvalue weighted by atomic mass is 9.96. The third-order valence-corrected chi connectivity index (χ3v) is 4.86. The number of carbonyl (C=O) groups is 2. The molecule has 6 nitrogen and oxygen atoms in total. The summed E-state index contributed by atoms with van der Waals surface area (Å²) in [6.07, 6.45) is 3.68. The molecule has 2 amide bonds. The molecule has 1 saturated carbocycles. The lowest BCUT2D eigenvalue weighted by Gasteiger charge is -2.31. The average molecular weight is 357 g/mol. The van der Waals surface area contributed by atoms with Crippen LogP contribution in [0.1, 0.15) is 36.2 Å². The molecule has 1 aliphatic heterocycles. The minimum absolute atomic E-state index is 0.0390. The maximum Gasteiger partial charge on any atom is 0.276 e. The average Bonchev–Trinajstić information content (AvgIpc) is 3.34. The first-order valence-corrected chi connectivity index (χ1v) is 8.92. The highest BCUT2D eigenvalue weighted by molar-refractivity contribution is 5.93. The summed E-state index contributed by atoms with van der Waals surface area (Å²) in [5, 5.41) is 6.87. The molecular weight excluding hydrogens is 337 g/mol. The maximum absolute atomic E-state index is 13.0. The monoisotopic (exact) mass is 357 g/mol. The number of nitrogens with one attached hydrogen (secondary N) is 1. The van der Waals surface area contributed by atoms with Crippen LogP contribution in [0.4, 0.5) is 4.39 Å². The summed E-state index contributed by atoms with van der Waals surface area (Å²) in [5.41, 5.74) is 0.853. The number of benzene rings is 1. The fraction of sp³-hybridized carbons (Fsp3) is 0.421. The van der Waals surface area contributed by atoms with Crippen molar-refractivity contribution >= 4 is 11.8 Å². The van der Waals surface area contributed by atoms with Gasteiger partial charge in [0.2, 0.25) is 5.91 Å². The molecule has 2 aliphatic rings. The van der Waals surface area contributed by atoms with E-state index in [-0.39, 0.29) is 29.2 Å². The van der Waals surface area contributed by atoms with Crippen LogP contribution in [0.2, 0.25) is 0 Å². The molecule has 2 aromatic rings. The van der Waals surface area contributed by atoms with Gasteiger partial charge in [-0.15, -0.1) is 0 Å². The highest BCUT2D eigenvalue weighted by atomic mass is 19.1. The van der Waals surface area contributed by atoms with Crippen LogP contribution in [-0.2, 0) is 4.79 Å². The molecule has 136 valence electrons. The van der Waals surface area contributed by atoms with Gasteiger partial charge in [0.25, 0.3) is 5.91 Å². The van der Waals surface area contributed by atoms with Crippen molar-refractivity contribution in [2.45, 2.75) is 31.7 Å². The van der Waals surface area contributed by atoms with Crippen LogP contribution in [0.15, 0.2) is 34.9 Å². The molecule has 0 spiro atoms. The van der Waals surface area contributed by atoms with Crippen molar-refractivity contribution in [2.24, 2.45) is 5.92 Å². The Morgan fingerprint density at radius 2 is 1.96 bits per heavy atom. The summed E-state index contributed by atoms with van der Waals surface area (Å²) in [6.45, 7) is 1.00. The molecule has 2 fully saturated rings. The first-order chi connectivity index (χ1) is 12.6. The number of rotatable bonds is 4. The van der Waals surface area contributed by atoms with Crippen molar-refractivity contribution in [1.29, 1.82) is 0 Å². The van der Waals surface area contributed by atoms with Gasteiger partial charge in [-0.3, -0.25) is 9.59 Å². The third-order valence-electron chi connectivity index (χ3n) is 4.86. The zero-order chi connectivity index (χ0) is 18.1. The van der Waals surface area contributed by atoms with E-state index in [4.69, 9.17) is 4.52 Å². The summed E-state index contributed by atoms with van der Waals surface area (Å²) < 4.78 is 18.3. The van der Waals surface area contributed by atoms with Gasteiger partial charge in [-0.2, -0.15) is 0 Å². The lowest BCUT2D eigenvalue weighted by Crippen LogP contribution is -2.46. The smallest absolute Gasteiger partial charge is 0.276 e. The predicted octanol–water partition coefficient (Wildman–Crippen LogP) is 2.61. The van der Waals surface area contributed by atoms with Gasteiger partial charge < -0.3 is 14.7 Å². The number of nitrogens with zero attached hydrogens (tertiary/aromatic N) is 2. The number of likely N-dealkylation sites (tertiary alicyclic amines) is 1. The van der Waals surface area contributed by atoms with Crippen molar-refractivity contribution in [3.63, 3.8) is 0 Å². The van der Waals surface area contributed by atoms with Crippen LogP contribution in [0.5, 0.6) is 0 Å². The fourth-order valence-corrected chi connectivity index (χ4v) is 3.21. The van der Waals surface area contributed by atoms with Crippen molar-refractivity contribution < 1.29 is 18.5 Å². The maximum atomic E-state index is 13.0. The van der Waals surface area contributed by atoms with E-state index in [0.717, 1.165) is 25.7 Å². The molecule has 0 bridgehead atoms. The van der Waals surface area contributed by atoms with Crippen molar-refractivity contribution in [3.8, 4) is 11.3 Å². The van der Waals surface area contributed by atoms with Crippen LogP contribution in [0.25, 0.3) is 11.3 Å². The Morgan fingerprint density at radius 1 is 1.19 bits per heavy atom. The molecular formula is C19H20FN3O3. The minimum Gasteiger partial charge on any atom is -0.355 e. The topological polar surface area (TPSA) is 75.4 Å². The van der Waals surface area contributed by atoms with Crippen LogP contribution in [0, 0.1) is 11.7 Å². The van der Waals surface area contributed by atoms with Gasteiger partial charge >= 0.3 is 0 Å². The number of halogens is 1. The Labute approximate surface area is 150 Å². The molecule has 1 N–H and O–H groups in total. The van der Waals surface area contributed by atoms with E-state index in [9.17, 15) is 14.0 Å². The van der Waals surface area contributed by atoms with E-state index in [2.05, 4.69) is 10.5 Å². The number of amides is 2.